The van der Waals surface area contributed by atoms with Crippen LogP contribution in [0.3, 0.4) is 0 Å². The number of hydrogen-bond donors (Lipinski definition) is 1. The predicted molar refractivity (Wildman–Crippen MR) is 55.9 cm³/mol. The molecule has 0 aliphatic heterocycles. The molecule has 1 heterocycles. The van der Waals surface area contributed by atoms with Gasteiger partial charge in [0, 0.05) is 0 Å². The summed E-state index contributed by atoms with van der Waals surface area (Å²) >= 11 is 0. The average Bonchev–Trinajstić information content (AvgIpc) is 2.78. The third kappa shape index (κ3) is 2.80. The van der Waals surface area contributed by atoms with Crippen LogP contribution in [0, 0.1) is 0 Å². The molecule has 2 rings (SSSR count). The lowest BCUT2D eigenvalue weighted by Crippen LogP contribution is -2.01. The number of aliphatic hydroxyl groups is 1. The van der Waals surface area contributed by atoms with E-state index in [1.807, 2.05) is 30.3 Å². The lowest BCUT2D eigenvalue weighted by Gasteiger charge is -2.02. The molecule has 5 nitrogen and oxygen atoms in total. The second kappa shape index (κ2) is 5.27. The van der Waals surface area contributed by atoms with Gasteiger partial charge in [-0.2, -0.15) is 4.98 Å². The van der Waals surface area contributed by atoms with E-state index in [1.54, 1.807) is 0 Å². The highest BCUT2D eigenvalue weighted by Gasteiger charge is 2.04. The molecule has 84 valence electrons. The van der Waals surface area contributed by atoms with Crippen LogP contribution in [0.1, 0.15) is 11.7 Å². The second-order valence-electron chi connectivity index (χ2n) is 3.17. The van der Waals surface area contributed by atoms with E-state index in [0.29, 0.717) is 24.7 Å². The molecule has 0 unspecified atom stereocenters. The van der Waals surface area contributed by atoms with Gasteiger partial charge in [0.2, 0.25) is 5.89 Å². The molecule has 0 radical (unpaired) electrons. The highest BCUT2D eigenvalue weighted by atomic mass is 16.5. The lowest BCUT2D eigenvalue weighted by atomic mass is 10.3. The quantitative estimate of drug-likeness (QED) is 0.819. The molecular formula is C11H12N2O3. The van der Waals surface area contributed by atoms with Crippen LogP contribution in [0.25, 0.3) is 0 Å². The first kappa shape index (κ1) is 10.6. The zero-order valence-corrected chi connectivity index (χ0v) is 8.67. The SMILES string of the molecule is OCc1noc(CCOc2ccccc2)n1. The van der Waals surface area contributed by atoms with Gasteiger partial charge in [0.05, 0.1) is 13.0 Å². The fourth-order valence-corrected chi connectivity index (χ4v) is 1.23. The first-order valence-corrected chi connectivity index (χ1v) is 4.98. The molecule has 1 N–H and O–H groups in total. The van der Waals surface area contributed by atoms with Crippen molar-refractivity contribution in [3.8, 4) is 5.75 Å². The van der Waals surface area contributed by atoms with Crippen molar-refractivity contribution >= 4 is 0 Å². The Kier molecular flexibility index (Phi) is 3.50. The molecular weight excluding hydrogens is 208 g/mol. The topological polar surface area (TPSA) is 68.4 Å². The van der Waals surface area contributed by atoms with Crippen molar-refractivity contribution in [3.63, 3.8) is 0 Å². The molecule has 0 bridgehead atoms. The molecule has 0 aliphatic carbocycles. The Morgan fingerprint density at radius 3 is 2.75 bits per heavy atom. The van der Waals surface area contributed by atoms with E-state index in [-0.39, 0.29) is 6.61 Å². The Morgan fingerprint density at radius 1 is 1.25 bits per heavy atom. The molecule has 0 saturated heterocycles. The van der Waals surface area contributed by atoms with Crippen molar-refractivity contribution in [3.05, 3.63) is 42.0 Å². The molecule has 0 saturated carbocycles. The van der Waals surface area contributed by atoms with Gasteiger partial charge in [0.1, 0.15) is 12.4 Å². The summed E-state index contributed by atoms with van der Waals surface area (Å²) in [6.07, 6.45) is 0.530. The number of hydrogen-bond acceptors (Lipinski definition) is 5. The number of aromatic nitrogens is 2. The fourth-order valence-electron chi connectivity index (χ4n) is 1.23. The molecule has 1 aromatic heterocycles. The van der Waals surface area contributed by atoms with Crippen LogP contribution in [0.4, 0.5) is 0 Å². The van der Waals surface area contributed by atoms with Crippen LogP contribution in [0.2, 0.25) is 0 Å². The van der Waals surface area contributed by atoms with Crippen LogP contribution in [-0.2, 0) is 13.0 Å². The first-order valence-electron chi connectivity index (χ1n) is 4.98. The zero-order chi connectivity index (χ0) is 11.2. The molecule has 0 fully saturated rings. The molecule has 0 atom stereocenters. The van der Waals surface area contributed by atoms with Gasteiger partial charge in [0.15, 0.2) is 5.82 Å². The van der Waals surface area contributed by atoms with Crippen molar-refractivity contribution in [2.24, 2.45) is 0 Å². The smallest absolute Gasteiger partial charge is 0.230 e. The van der Waals surface area contributed by atoms with Gasteiger partial charge >= 0.3 is 0 Å². The minimum Gasteiger partial charge on any atom is -0.493 e. The summed E-state index contributed by atoms with van der Waals surface area (Å²) in [5, 5.41) is 12.3. The summed E-state index contributed by atoms with van der Waals surface area (Å²) < 4.78 is 10.4. The van der Waals surface area contributed by atoms with Gasteiger partial charge in [0.25, 0.3) is 0 Å². The number of nitrogens with zero attached hydrogens (tertiary/aromatic N) is 2. The van der Waals surface area contributed by atoms with E-state index < -0.39 is 0 Å². The zero-order valence-electron chi connectivity index (χ0n) is 8.67. The normalized spacial score (nSPS) is 10.3. The summed E-state index contributed by atoms with van der Waals surface area (Å²) in [5.41, 5.74) is 0. The molecule has 0 amide bonds. The van der Waals surface area contributed by atoms with Gasteiger partial charge in [-0.1, -0.05) is 23.4 Å². The Hall–Kier alpha value is -1.88. The maximum Gasteiger partial charge on any atom is 0.230 e. The molecule has 0 spiro atoms. The van der Waals surface area contributed by atoms with Crippen LogP contribution >= 0.6 is 0 Å². The number of aliphatic hydroxyl groups excluding tert-OH is 1. The molecule has 0 aliphatic rings. The van der Waals surface area contributed by atoms with Gasteiger partial charge in [-0.3, -0.25) is 0 Å². The van der Waals surface area contributed by atoms with Gasteiger partial charge in [-0.15, -0.1) is 0 Å². The van der Waals surface area contributed by atoms with Crippen molar-refractivity contribution in [1.29, 1.82) is 0 Å². The third-order valence-corrected chi connectivity index (χ3v) is 1.98. The largest absolute Gasteiger partial charge is 0.493 e. The average molecular weight is 220 g/mol. The minimum atomic E-state index is -0.205. The summed E-state index contributed by atoms with van der Waals surface area (Å²) in [6, 6.07) is 9.51. The fraction of sp³-hybridized carbons (Fsp3) is 0.273. The standard InChI is InChI=1S/C11H12N2O3/c14-8-10-12-11(16-13-10)6-7-15-9-4-2-1-3-5-9/h1-5,14H,6-8H2. The van der Waals surface area contributed by atoms with Crippen molar-refractivity contribution in [2.75, 3.05) is 6.61 Å². The monoisotopic (exact) mass is 220 g/mol. The highest BCUT2D eigenvalue weighted by Crippen LogP contribution is 2.08. The molecule has 1 aromatic carbocycles. The van der Waals surface area contributed by atoms with Gasteiger partial charge in [-0.25, -0.2) is 0 Å². The number of ether oxygens (including phenoxy) is 1. The van der Waals surface area contributed by atoms with Gasteiger partial charge < -0.3 is 14.4 Å². The van der Waals surface area contributed by atoms with Crippen molar-refractivity contribution in [2.45, 2.75) is 13.0 Å². The Balaban J connectivity index is 1.80. The van der Waals surface area contributed by atoms with Crippen LogP contribution in [0.5, 0.6) is 5.75 Å². The van der Waals surface area contributed by atoms with Crippen LogP contribution < -0.4 is 4.74 Å². The third-order valence-electron chi connectivity index (χ3n) is 1.98. The maximum absolute atomic E-state index is 8.74. The second-order valence-corrected chi connectivity index (χ2v) is 3.17. The predicted octanol–water partition coefficient (Wildman–Crippen LogP) is 1.18. The summed E-state index contributed by atoms with van der Waals surface area (Å²) in [5.74, 6) is 1.58. The van der Waals surface area contributed by atoms with E-state index in [4.69, 9.17) is 14.4 Å². The molecule has 5 heteroatoms. The Bertz CT molecular complexity index is 428. The van der Waals surface area contributed by atoms with Gasteiger partial charge in [-0.05, 0) is 12.1 Å². The van der Waals surface area contributed by atoms with Crippen LogP contribution in [-0.4, -0.2) is 21.9 Å². The first-order chi connectivity index (χ1) is 7.88. The van der Waals surface area contributed by atoms with E-state index >= 15 is 0 Å². The van der Waals surface area contributed by atoms with Crippen molar-refractivity contribution in [1.82, 2.24) is 10.1 Å². The van der Waals surface area contributed by atoms with Crippen molar-refractivity contribution < 1.29 is 14.4 Å². The maximum atomic E-state index is 8.74. The summed E-state index contributed by atoms with van der Waals surface area (Å²) in [7, 11) is 0. The molecule has 16 heavy (non-hydrogen) atoms. The number of para-hydroxylation sites is 1. The van der Waals surface area contributed by atoms with E-state index in [0.717, 1.165) is 5.75 Å². The minimum absolute atomic E-state index is 0.205. The summed E-state index contributed by atoms with van der Waals surface area (Å²) in [6.45, 7) is 0.264. The van der Waals surface area contributed by atoms with Crippen LogP contribution in [0.15, 0.2) is 34.9 Å². The van der Waals surface area contributed by atoms with E-state index in [1.165, 1.54) is 0 Å². The lowest BCUT2D eigenvalue weighted by molar-refractivity contribution is 0.261. The Morgan fingerprint density at radius 2 is 2.06 bits per heavy atom. The van der Waals surface area contributed by atoms with E-state index in [2.05, 4.69) is 10.1 Å². The number of benzene rings is 1. The number of rotatable bonds is 5. The Labute approximate surface area is 92.7 Å². The highest BCUT2D eigenvalue weighted by molar-refractivity contribution is 5.20. The van der Waals surface area contributed by atoms with E-state index in [9.17, 15) is 0 Å². The molecule has 2 aromatic rings. The summed E-state index contributed by atoms with van der Waals surface area (Å²) in [4.78, 5) is 3.95.